The molecule has 0 radical (unpaired) electrons. The molecule has 11 amide bonds. The van der Waals surface area contributed by atoms with Crippen molar-refractivity contribution in [2.75, 3.05) is 36.1 Å². The summed E-state index contributed by atoms with van der Waals surface area (Å²) in [6.07, 6.45) is 0.722. The van der Waals surface area contributed by atoms with E-state index in [0.717, 1.165) is 25.6 Å². The summed E-state index contributed by atoms with van der Waals surface area (Å²) in [5.74, 6) is -11.8. The maximum Gasteiger partial charge on any atom is 0.327 e. The first-order valence-electron chi connectivity index (χ1n) is 30.1. The number of amides is 11. The lowest BCUT2D eigenvalue weighted by Crippen LogP contribution is -2.62. The van der Waals surface area contributed by atoms with Gasteiger partial charge in [0.1, 0.15) is 89.8 Å². The molecule has 1 fully saturated rings. The van der Waals surface area contributed by atoms with Crippen LogP contribution in [0.25, 0.3) is 27.1 Å². The molecule has 13 N–H and O–H groups in total. The van der Waals surface area contributed by atoms with Crippen molar-refractivity contribution in [2.45, 2.75) is 113 Å². The third-order valence-corrected chi connectivity index (χ3v) is 22.9. The monoisotopic (exact) mass is 1470 g/mol. The Labute approximate surface area is 586 Å². The average molecular weight is 1470 g/mol. The predicted molar refractivity (Wildman–Crippen MR) is 370 cm³/mol. The zero-order valence-corrected chi connectivity index (χ0v) is 58.3. The van der Waals surface area contributed by atoms with Crippen LogP contribution in [0.2, 0.25) is 0 Å². The van der Waals surface area contributed by atoms with Crippen LogP contribution < -0.4 is 53.6 Å². The van der Waals surface area contributed by atoms with Gasteiger partial charge in [-0.25, -0.2) is 24.7 Å². The average Bonchev–Trinajstić information content (AvgIpc) is 1.76. The number of aliphatic imine (C=N–C) groups is 3. The van der Waals surface area contributed by atoms with Crippen LogP contribution in [0.4, 0.5) is 0 Å². The number of nitrogens with zero attached hydrogens (tertiary/aromatic N) is 8. The number of nitrogens with two attached hydrogens (primary N) is 1. The van der Waals surface area contributed by atoms with Crippen LogP contribution in [0.1, 0.15) is 92.4 Å². The number of carbonyl (C=O) groups excluding carboxylic acids is 11. The number of allylic oxidation sites excluding steroid dienone is 2. The van der Waals surface area contributed by atoms with E-state index >= 15 is 0 Å². The van der Waals surface area contributed by atoms with E-state index in [1.54, 1.807) is 23.1 Å². The Kier molecular flexibility index (Phi) is 22.8. The Morgan fingerprint density at radius 2 is 1.33 bits per heavy atom. The van der Waals surface area contributed by atoms with E-state index in [9.17, 15) is 67.7 Å². The van der Waals surface area contributed by atoms with E-state index in [1.165, 1.54) is 101 Å². The van der Waals surface area contributed by atoms with E-state index in [1.807, 2.05) is 0 Å². The van der Waals surface area contributed by atoms with Gasteiger partial charge in [-0.15, -0.1) is 81.1 Å². The van der Waals surface area contributed by atoms with Crippen molar-refractivity contribution < 1.29 is 67.7 Å². The molecular formula is C59H64N18O14S7. The minimum Gasteiger partial charge on any atom is -0.480 e. The molecule has 0 spiro atoms. The van der Waals surface area contributed by atoms with Gasteiger partial charge >= 0.3 is 5.97 Å². The normalized spacial score (nSPS) is 27.1. The predicted octanol–water partition coefficient (Wildman–Crippen LogP) is 0.136. The van der Waals surface area contributed by atoms with E-state index in [4.69, 9.17) is 25.7 Å². The Morgan fingerprint density at radius 3 is 1.98 bits per heavy atom. The van der Waals surface area contributed by atoms with Crippen molar-refractivity contribution in [3.8, 4) is 21.4 Å². The molecule has 7 aliphatic heterocycles. The molecule has 39 heteroatoms. The maximum atomic E-state index is 14.8. The summed E-state index contributed by atoms with van der Waals surface area (Å²) in [6.45, 7) is 9.91. The van der Waals surface area contributed by atoms with Crippen molar-refractivity contribution in [1.82, 2.24) is 72.7 Å². The van der Waals surface area contributed by atoms with Crippen LogP contribution >= 0.6 is 81.1 Å². The maximum absolute atomic E-state index is 14.8. The molecule has 32 nitrogen and oxygen atoms in total. The summed E-state index contributed by atoms with van der Waals surface area (Å²) in [5.41, 5.74) is 6.62. The number of rotatable bonds is 4. The Bertz CT molecular complexity index is 4150. The van der Waals surface area contributed by atoms with Crippen molar-refractivity contribution in [3.05, 3.63) is 86.1 Å². The third kappa shape index (κ3) is 16.5. The van der Waals surface area contributed by atoms with Gasteiger partial charge in [0.2, 0.25) is 41.4 Å². The molecular weight excluding hydrogens is 1410 g/mol. The molecule has 0 saturated carbocycles. The Hall–Kier alpha value is -8.73. The summed E-state index contributed by atoms with van der Waals surface area (Å²) >= 11 is 7.56. The second-order valence-electron chi connectivity index (χ2n) is 22.7. The highest BCUT2D eigenvalue weighted by Gasteiger charge is 2.44. The number of aliphatic hydroxyl groups excluding tert-OH is 1. The summed E-state index contributed by atoms with van der Waals surface area (Å²) in [5, 5.41) is 51.8. The number of carbonyl (C=O) groups is 12. The summed E-state index contributed by atoms with van der Waals surface area (Å²) in [6, 6.07) is -7.50. The number of hydrogen-bond donors (Lipinski definition) is 12. The lowest BCUT2D eigenvalue weighted by atomic mass is 10.0. The lowest BCUT2D eigenvalue weighted by molar-refractivity contribution is -0.141. The Balaban J connectivity index is 1.05. The topological polar surface area (TPSA) is 471 Å². The van der Waals surface area contributed by atoms with Crippen LogP contribution in [0, 0.1) is 0 Å². The number of carboxylic acid groups (broad SMARTS) is 1. The van der Waals surface area contributed by atoms with E-state index < -0.39 is 155 Å². The fraction of sp³-hybridized carbons (Fsp3) is 0.407. The second kappa shape index (κ2) is 31.0. The van der Waals surface area contributed by atoms with Crippen molar-refractivity contribution in [3.63, 3.8) is 0 Å². The van der Waals surface area contributed by atoms with Crippen molar-refractivity contribution in [2.24, 2.45) is 20.7 Å². The summed E-state index contributed by atoms with van der Waals surface area (Å²) in [7, 11) is 0. The number of aromatic nitrogens is 4. The second-order valence-corrected chi connectivity index (χ2v) is 29.7. The molecule has 98 heavy (non-hydrogen) atoms. The van der Waals surface area contributed by atoms with Gasteiger partial charge in [0.05, 0.1) is 58.8 Å². The molecule has 516 valence electrons. The molecule has 0 aromatic carbocycles. The molecule has 16 bridgehead atoms. The number of pyridine rings is 1. The largest absolute Gasteiger partial charge is 0.480 e. The minimum atomic E-state index is -2.35. The number of nitrogens with one attached hydrogen (secondary N) is 9. The number of aliphatic carboxylic acids is 1. The molecule has 0 unspecified atom stereocenters. The molecule has 1 saturated heterocycles. The van der Waals surface area contributed by atoms with Crippen LogP contribution in [0.3, 0.4) is 0 Å². The van der Waals surface area contributed by atoms with E-state index in [2.05, 4.69) is 69.4 Å². The fourth-order valence-corrected chi connectivity index (χ4v) is 17.0. The summed E-state index contributed by atoms with van der Waals surface area (Å²) in [4.78, 5) is 200. The Morgan fingerprint density at radius 1 is 0.714 bits per heavy atom. The highest BCUT2D eigenvalue weighted by molar-refractivity contribution is 8.15. The zero-order valence-electron chi connectivity index (χ0n) is 52.6. The van der Waals surface area contributed by atoms with Crippen LogP contribution in [0.5, 0.6) is 0 Å². The number of primary amides is 1. The lowest BCUT2D eigenvalue weighted by Gasteiger charge is -2.32. The molecule has 11 heterocycles. The molecule has 4 aromatic heterocycles. The van der Waals surface area contributed by atoms with E-state index in [0.29, 0.717) is 60.4 Å². The molecule has 0 aliphatic carbocycles. The van der Waals surface area contributed by atoms with Crippen molar-refractivity contribution >= 4 is 173 Å². The van der Waals surface area contributed by atoms with Gasteiger partial charge in [0.25, 0.3) is 23.6 Å². The van der Waals surface area contributed by atoms with Gasteiger partial charge in [0, 0.05) is 45.7 Å². The first-order chi connectivity index (χ1) is 46.7. The molecule has 10 atom stereocenters. The summed E-state index contributed by atoms with van der Waals surface area (Å²) < 4.78 is 0. The minimum absolute atomic E-state index is 0.00174. The molecule has 4 aromatic rings. The fourth-order valence-electron chi connectivity index (χ4n) is 10.4. The third-order valence-electron chi connectivity index (χ3n) is 15.6. The standard InChI is InChI=1S/C59H64N18O14S7/c1-7-27-47(85)76-59(6)58(91)75-42(25(5)78)49(87)61-15-40(80)64-28(8-2)56(88)77-13-9-10-38(77)48(86)62-23(3)41-26(43(81)67-30(14-39(60)79)52-69-32(17-93-52)45(83)66-27)11-12-29(65-41)51-73-35(20-96-51)53-70-31(16-94-53)44(82)63-24(4)50-72-34(19-92-50)55-74-36(21-97-55)54-71-33(18-95-54)46(84)68-37(22-98-59)57(89)90/h7-8,11-12,19-21,23,25,30-33,37-38,42,78H,4,9-10,13-18,22H2,1-3,5-6H3,(H2,60,79)(H,61,87)(H,62,86)(H,63,82)(H,64,80)(H,66,83)(H,67,81)(H,68,84)(H,75,91)(H,76,85)(H,89,90)/b27-7-,28-8-/t23-,25-,30+,31+,32+,33-,37+,38+,42+,59+/m1/s1. The van der Waals surface area contributed by atoms with E-state index in [-0.39, 0.29) is 63.6 Å². The number of hydrogen-bond acceptors (Lipinski definition) is 27. The molecule has 11 rings (SSSR count). The van der Waals surface area contributed by atoms with Gasteiger partial charge in [-0.3, -0.25) is 67.7 Å². The van der Waals surface area contributed by atoms with Crippen LogP contribution in [-0.4, -0.2) is 210 Å². The van der Waals surface area contributed by atoms with Gasteiger partial charge in [0.15, 0.2) is 4.87 Å². The number of thioether (sulfide) groups is 4. The molecule has 7 aliphatic rings. The van der Waals surface area contributed by atoms with Gasteiger partial charge < -0.3 is 68.7 Å². The van der Waals surface area contributed by atoms with Crippen LogP contribution in [0.15, 0.2) is 73.4 Å². The zero-order chi connectivity index (χ0) is 70.4. The number of fused-ring (bicyclic) bond motifs is 8. The number of aliphatic hydroxyl groups is 1. The first kappa shape index (κ1) is 72.0. The highest BCUT2D eigenvalue weighted by Crippen LogP contribution is 2.35. The smallest absolute Gasteiger partial charge is 0.327 e. The van der Waals surface area contributed by atoms with Gasteiger partial charge in [-0.2, -0.15) is 0 Å². The van der Waals surface area contributed by atoms with Crippen molar-refractivity contribution in [1.29, 1.82) is 0 Å². The van der Waals surface area contributed by atoms with Gasteiger partial charge in [-0.1, -0.05) is 18.7 Å². The quantitative estimate of drug-likeness (QED) is 0.121. The number of carboxylic acids is 1. The van der Waals surface area contributed by atoms with Crippen LogP contribution in [-0.2, 0) is 52.7 Å². The highest BCUT2D eigenvalue weighted by atomic mass is 32.2. The SMILES string of the molecule is C=C1NC(=O)[C@@H]2CSC(=N2)c2csc(n2)-c2ccc3c(n2)[C@@H](C)NC(=O)[C@@H]2CCCN2C(=O)/C(=C/C)NC(=O)CNC(=O)[C@H]([C@@H](C)O)NC(=O)[C@@](C)(NC(=O)/C(=C/C)NC(=O)[C@@H]2CSC(=N2)[C@H](CC(N)=O)NC3=O)SC[C@@H](C(=O)O)NC(=O)[C@H]2CSC(=N2)c2csc(n2)-c2csc1n2. The first-order valence-corrected chi connectivity index (χ1v) is 36.7. The number of thiazole rings is 3. The van der Waals surface area contributed by atoms with Gasteiger partial charge in [-0.05, 0) is 59.6 Å².